The summed E-state index contributed by atoms with van der Waals surface area (Å²) in [4.78, 5) is 0. The summed E-state index contributed by atoms with van der Waals surface area (Å²) in [6, 6.07) is 0.631. The molecule has 2 aliphatic rings. The van der Waals surface area contributed by atoms with Crippen molar-refractivity contribution in [2.75, 3.05) is 6.54 Å². The van der Waals surface area contributed by atoms with Gasteiger partial charge in [0, 0.05) is 12.6 Å². The molecule has 0 aromatic carbocycles. The molecule has 0 aliphatic heterocycles. The lowest BCUT2D eigenvalue weighted by Crippen LogP contribution is -2.48. The van der Waals surface area contributed by atoms with E-state index in [2.05, 4.69) is 33.0 Å². The third kappa shape index (κ3) is 4.46. The standard InChI is InChI=1S/C17H33NO/c1-15(2)7-5-14(6-8-15)18-13-17(19)11-9-16(3,4)10-12-17/h14,18-19H,5-13H2,1-4H3. The highest BCUT2D eigenvalue weighted by Crippen LogP contribution is 2.40. The van der Waals surface area contributed by atoms with Gasteiger partial charge >= 0.3 is 0 Å². The number of hydrogen-bond donors (Lipinski definition) is 2. The van der Waals surface area contributed by atoms with E-state index in [1.54, 1.807) is 0 Å². The third-order valence-electron chi connectivity index (χ3n) is 5.59. The van der Waals surface area contributed by atoms with Crippen molar-refractivity contribution in [1.82, 2.24) is 5.32 Å². The molecule has 0 heterocycles. The average molecular weight is 267 g/mol. The third-order valence-corrected chi connectivity index (χ3v) is 5.59. The first-order valence-electron chi connectivity index (χ1n) is 8.16. The second-order valence-electron chi connectivity index (χ2n) is 8.71. The zero-order valence-corrected chi connectivity index (χ0v) is 13.4. The molecule has 2 nitrogen and oxygen atoms in total. The van der Waals surface area contributed by atoms with Gasteiger partial charge in [0.15, 0.2) is 0 Å². The summed E-state index contributed by atoms with van der Waals surface area (Å²) in [6.45, 7) is 10.2. The van der Waals surface area contributed by atoms with Crippen LogP contribution in [0.2, 0.25) is 0 Å². The number of nitrogens with one attached hydrogen (secondary N) is 1. The molecule has 0 amide bonds. The van der Waals surface area contributed by atoms with Gasteiger partial charge in [-0.25, -0.2) is 0 Å². The van der Waals surface area contributed by atoms with E-state index in [1.165, 1.54) is 25.7 Å². The molecule has 2 rings (SSSR count). The second kappa shape index (κ2) is 5.37. The fraction of sp³-hybridized carbons (Fsp3) is 1.00. The molecule has 2 aliphatic carbocycles. The Bertz CT molecular complexity index is 288. The first kappa shape index (κ1) is 15.3. The van der Waals surface area contributed by atoms with Crippen LogP contribution in [0, 0.1) is 10.8 Å². The van der Waals surface area contributed by atoms with Crippen molar-refractivity contribution in [1.29, 1.82) is 0 Å². The first-order valence-corrected chi connectivity index (χ1v) is 8.16. The topological polar surface area (TPSA) is 32.3 Å². The molecular formula is C17H33NO. The van der Waals surface area contributed by atoms with Gasteiger partial charge in [0.25, 0.3) is 0 Å². The molecule has 0 spiro atoms. The lowest BCUT2D eigenvalue weighted by atomic mass is 9.70. The largest absolute Gasteiger partial charge is 0.389 e. The summed E-state index contributed by atoms with van der Waals surface area (Å²) in [5.41, 5.74) is 0.521. The molecule has 112 valence electrons. The number of hydrogen-bond acceptors (Lipinski definition) is 2. The van der Waals surface area contributed by atoms with E-state index in [9.17, 15) is 5.11 Å². The Morgan fingerprint density at radius 3 is 1.84 bits per heavy atom. The van der Waals surface area contributed by atoms with Crippen LogP contribution in [0.1, 0.15) is 79.1 Å². The predicted molar refractivity (Wildman–Crippen MR) is 81.2 cm³/mol. The molecule has 0 unspecified atom stereocenters. The minimum absolute atomic E-state index is 0.432. The van der Waals surface area contributed by atoms with Gasteiger partial charge < -0.3 is 10.4 Å². The minimum Gasteiger partial charge on any atom is -0.389 e. The van der Waals surface area contributed by atoms with Gasteiger partial charge in [-0.3, -0.25) is 0 Å². The van der Waals surface area contributed by atoms with Crippen molar-refractivity contribution in [3.63, 3.8) is 0 Å². The SMILES string of the molecule is CC1(C)CCC(NCC2(O)CCC(C)(C)CC2)CC1. The van der Waals surface area contributed by atoms with Crippen LogP contribution in [0.25, 0.3) is 0 Å². The molecule has 2 heteroatoms. The van der Waals surface area contributed by atoms with Crippen molar-refractivity contribution in [3.05, 3.63) is 0 Å². The van der Waals surface area contributed by atoms with Gasteiger partial charge in [0.05, 0.1) is 5.60 Å². The Labute approximate surface area is 119 Å². The second-order valence-corrected chi connectivity index (χ2v) is 8.71. The van der Waals surface area contributed by atoms with Gasteiger partial charge in [-0.15, -0.1) is 0 Å². The van der Waals surface area contributed by atoms with Crippen LogP contribution in [0.3, 0.4) is 0 Å². The highest BCUT2D eigenvalue weighted by atomic mass is 16.3. The average Bonchev–Trinajstić information content (AvgIpc) is 2.33. The van der Waals surface area contributed by atoms with Crippen LogP contribution in [0.4, 0.5) is 0 Å². The molecule has 0 bridgehead atoms. The van der Waals surface area contributed by atoms with Gasteiger partial charge in [0.1, 0.15) is 0 Å². The molecule has 2 fully saturated rings. The fourth-order valence-electron chi connectivity index (χ4n) is 3.51. The van der Waals surface area contributed by atoms with Gasteiger partial charge in [-0.1, -0.05) is 27.7 Å². The zero-order valence-electron chi connectivity index (χ0n) is 13.4. The maximum Gasteiger partial charge on any atom is 0.0772 e. The summed E-state index contributed by atoms with van der Waals surface area (Å²) < 4.78 is 0. The monoisotopic (exact) mass is 267 g/mol. The Kier molecular flexibility index (Phi) is 4.32. The fourth-order valence-corrected chi connectivity index (χ4v) is 3.51. The molecule has 0 aromatic rings. The predicted octanol–water partition coefficient (Wildman–Crippen LogP) is 3.88. The van der Waals surface area contributed by atoms with Gasteiger partial charge in [-0.05, 0) is 62.2 Å². The van der Waals surface area contributed by atoms with E-state index in [0.29, 0.717) is 16.9 Å². The zero-order chi connectivity index (χ0) is 14.1. The van der Waals surface area contributed by atoms with Crippen molar-refractivity contribution >= 4 is 0 Å². The first-order chi connectivity index (χ1) is 8.70. The number of aliphatic hydroxyl groups is 1. The summed E-state index contributed by atoms with van der Waals surface area (Å²) in [6.07, 6.45) is 9.41. The molecule has 0 aromatic heterocycles. The van der Waals surface area contributed by atoms with Crippen molar-refractivity contribution < 1.29 is 5.11 Å². The number of rotatable bonds is 3. The van der Waals surface area contributed by atoms with Crippen LogP contribution in [0.15, 0.2) is 0 Å². The van der Waals surface area contributed by atoms with E-state index in [-0.39, 0.29) is 0 Å². The van der Waals surface area contributed by atoms with E-state index in [4.69, 9.17) is 0 Å². The molecule has 2 N–H and O–H groups in total. The lowest BCUT2D eigenvalue weighted by Gasteiger charge is -2.42. The minimum atomic E-state index is -0.442. The molecule has 0 saturated heterocycles. The van der Waals surface area contributed by atoms with Crippen LogP contribution in [0.5, 0.6) is 0 Å². The molecule has 19 heavy (non-hydrogen) atoms. The summed E-state index contributed by atoms with van der Waals surface area (Å²) in [5.74, 6) is 0. The highest BCUT2D eigenvalue weighted by Gasteiger charge is 2.37. The summed E-state index contributed by atoms with van der Waals surface area (Å²) in [7, 11) is 0. The summed E-state index contributed by atoms with van der Waals surface area (Å²) in [5, 5.41) is 14.3. The van der Waals surface area contributed by atoms with Crippen molar-refractivity contribution in [2.24, 2.45) is 10.8 Å². The van der Waals surface area contributed by atoms with Gasteiger partial charge in [-0.2, -0.15) is 0 Å². The van der Waals surface area contributed by atoms with E-state index < -0.39 is 5.60 Å². The molecule has 0 radical (unpaired) electrons. The van der Waals surface area contributed by atoms with E-state index in [1.807, 2.05) is 0 Å². The van der Waals surface area contributed by atoms with E-state index in [0.717, 1.165) is 32.2 Å². The van der Waals surface area contributed by atoms with Crippen LogP contribution < -0.4 is 5.32 Å². The smallest absolute Gasteiger partial charge is 0.0772 e. The van der Waals surface area contributed by atoms with Gasteiger partial charge in [0.2, 0.25) is 0 Å². The Hall–Kier alpha value is -0.0800. The lowest BCUT2D eigenvalue weighted by molar-refractivity contribution is -0.0274. The summed E-state index contributed by atoms with van der Waals surface area (Å²) >= 11 is 0. The Morgan fingerprint density at radius 2 is 1.32 bits per heavy atom. The quantitative estimate of drug-likeness (QED) is 0.813. The van der Waals surface area contributed by atoms with Crippen molar-refractivity contribution in [3.8, 4) is 0 Å². The highest BCUT2D eigenvalue weighted by molar-refractivity contribution is 4.92. The Morgan fingerprint density at radius 1 is 0.842 bits per heavy atom. The van der Waals surface area contributed by atoms with Crippen molar-refractivity contribution in [2.45, 2.75) is 90.7 Å². The maximum absolute atomic E-state index is 10.7. The maximum atomic E-state index is 10.7. The van der Waals surface area contributed by atoms with Crippen LogP contribution >= 0.6 is 0 Å². The molecule has 0 atom stereocenters. The van der Waals surface area contributed by atoms with Crippen LogP contribution in [-0.4, -0.2) is 23.3 Å². The normalized spacial score (nSPS) is 30.2. The molecular weight excluding hydrogens is 234 g/mol. The van der Waals surface area contributed by atoms with E-state index >= 15 is 0 Å². The van der Waals surface area contributed by atoms with Crippen LogP contribution in [-0.2, 0) is 0 Å². The Balaban J connectivity index is 1.74. The molecule has 2 saturated carbocycles.